The Kier molecular flexibility index (Phi) is 1.97. The standard InChI is InChI=1S/C9H9FN2S/c10-7-3-1-2-5-6(4-11)9(12)13-8(5)7/h7H,1-3,12H2. The Bertz CT molecular complexity index is 378. The smallest absolute Gasteiger partial charge is 0.135 e. The van der Waals surface area contributed by atoms with Crippen LogP contribution in [0.3, 0.4) is 0 Å². The number of nitrogens with zero attached hydrogens (tertiary/aromatic N) is 1. The van der Waals surface area contributed by atoms with Crippen molar-refractivity contribution in [3.8, 4) is 6.07 Å². The first kappa shape index (κ1) is 8.52. The molecule has 0 aliphatic heterocycles. The van der Waals surface area contributed by atoms with Crippen molar-refractivity contribution >= 4 is 16.3 Å². The highest BCUT2D eigenvalue weighted by Crippen LogP contribution is 2.42. The highest BCUT2D eigenvalue weighted by molar-refractivity contribution is 7.16. The molecule has 4 heteroatoms. The first-order valence-corrected chi connectivity index (χ1v) is 5.01. The van der Waals surface area contributed by atoms with Gasteiger partial charge in [0.05, 0.1) is 5.56 Å². The van der Waals surface area contributed by atoms with Crippen LogP contribution in [0.25, 0.3) is 0 Å². The largest absolute Gasteiger partial charge is 0.389 e. The number of halogens is 1. The van der Waals surface area contributed by atoms with Crippen LogP contribution < -0.4 is 5.73 Å². The molecule has 2 nitrogen and oxygen atoms in total. The summed E-state index contributed by atoms with van der Waals surface area (Å²) in [4.78, 5) is 0.681. The number of hydrogen-bond donors (Lipinski definition) is 1. The molecule has 1 heterocycles. The van der Waals surface area contributed by atoms with Crippen LogP contribution in [-0.2, 0) is 6.42 Å². The van der Waals surface area contributed by atoms with Crippen molar-refractivity contribution in [3.63, 3.8) is 0 Å². The monoisotopic (exact) mass is 196 g/mol. The van der Waals surface area contributed by atoms with Crippen LogP contribution in [0.15, 0.2) is 0 Å². The van der Waals surface area contributed by atoms with E-state index >= 15 is 0 Å². The van der Waals surface area contributed by atoms with Crippen molar-refractivity contribution in [3.05, 3.63) is 16.0 Å². The molecule has 1 aliphatic rings. The van der Waals surface area contributed by atoms with Crippen LogP contribution in [0.4, 0.5) is 9.39 Å². The lowest BCUT2D eigenvalue weighted by Gasteiger charge is -2.14. The molecule has 0 fully saturated rings. The van der Waals surface area contributed by atoms with Gasteiger partial charge in [-0.1, -0.05) is 0 Å². The second-order valence-electron chi connectivity index (χ2n) is 3.16. The molecule has 0 saturated heterocycles. The van der Waals surface area contributed by atoms with Crippen LogP contribution in [0.2, 0.25) is 0 Å². The van der Waals surface area contributed by atoms with Crippen molar-refractivity contribution < 1.29 is 4.39 Å². The fourth-order valence-electron chi connectivity index (χ4n) is 1.72. The van der Waals surface area contributed by atoms with Gasteiger partial charge in [-0.15, -0.1) is 11.3 Å². The fraction of sp³-hybridized carbons (Fsp3) is 0.444. The Hall–Kier alpha value is -1.08. The summed E-state index contributed by atoms with van der Waals surface area (Å²) in [6, 6.07) is 2.04. The van der Waals surface area contributed by atoms with Crippen LogP contribution in [0, 0.1) is 11.3 Å². The summed E-state index contributed by atoms with van der Waals surface area (Å²) in [5.41, 5.74) is 6.98. The van der Waals surface area contributed by atoms with E-state index in [4.69, 9.17) is 11.0 Å². The Balaban J connectivity index is 2.58. The summed E-state index contributed by atoms with van der Waals surface area (Å²) in [5.74, 6) is 0. The van der Waals surface area contributed by atoms with Crippen LogP contribution >= 0.6 is 11.3 Å². The second kappa shape index (κ2) is 3.00. The lowest BCUT2D eigenvalue weighted by molar-refractivity contribution is 0.308. The molecule has 0 saturated carbocycles. The summed E-state index contributed by atoms with van der Waals surface area (Å²) in [7, 11) is 0. The predicted molar refractivity (Wildman–Crippen MR) is 50.2 cm³/mol. The molecule has 0 amide bonds. The molecule has 0 bridgehead atoms. The Morgan fingerprint density at radius 3 is 3.08 bits per heavy atom. The Morgan fingerprint density at radius 1 is 1.62 bits per heavy atom. The van der Waals surface area contributed by atoms with Crippen molar-refractivity contribution in [2.45, 2.75) is 25.4 Å². The zero-order valence-electron chi connectivity index (χ0n) is 7.01. The lowest BCUT2D eigenvalue weighted by Crippen LogP contribution is -2.03. The molecule has 1 atom stereocenters. The molecule has 1 unspecified atom stereocenters. The van der Waals surface area contributed by atoms with Gasteiger partial charge >= 0.3 is 0 Å². The van der Waals surface area contributed by atoms with Crippen LogP contribution in [-0.4, -0.2) is 0 Å². The number of alkyl halides is 1. The number of anilines is 1. The third kappa shape index (κ3) is 1.20. The number of nitriles is 1. The van der Waals surface area contributed by atoms with Crippen molar-refractivity contribution in [1.82, 2.24) is 0 Å². The quantitative estimate of drug-likeness (QED) is 0.693. The van der Waals surface area contributed by atoms with Gasteiger partial charge in [-0.05, 0) is 24.8 Å². The maximum absolute atomic E-state index is 13.4. The first-order chi connectivity index (χ1) is 6.24. The van der Waals surface area contributed by atoms with Gasteiger partial charge in [0.15, 0.2) is 0 Å². The summed E-state index contributed by atoms with van der Waals surface area (Å²) in [6.07, 6.45) is 1.28. The molecule has 13 heavy (non-hydrogen) atoms. The van der Waals surface area contributed by atoms with E-state index in [9.17, 15) is 4.39 Å². The van der Waals surface area contributed by atoms with Gasteiger partial charge in [-0.3, -0.25) is 0 Å². The number of thiophene rings is 1. The highest BCUT2D eigenvalue weighted by Gasteiger charge is 2.26. The SMILES string of the molecule is N#Cc1c(N)sc2c1CCCC2F. The molecule has 2 rings (SSSR count). The van der Waals surface area contributed by atoms with E-state index in [0.29, 0.717) is 21.9 Å². The van der Waals surface area contributed by atoms with E-state index in [2.05, 4.69) is 0 Å². The van der Waals surface area contributed by atoms with Crippen molar-refractivity contribution in [2.24, 2.45) is 0 Å². The van der Waals surface area contributed by atoms with Gasteiger partial charge in [0.25, 0.3) is 0 Å². The predicted octanol–water partition coefficient (Wildman–Crippen LogP) is 2.55. The van der Waals surface area contributed by atoms with E-state index in [1.807, 2.05) is 6.07 Å². The topological polar surface area (TPSA) is 49.8 Å². The maximum Gasteiger partial charge on any atom is 0.135 e. The minimum atomic E-state index is -0.904. The molecule has 1 aromatic rings. The number of fused-ring (bicyclic) bond motifs is 1. The van der Waals surface area contributed by atoms with Gasteiger partial charge in [0.1, 0.15) is 17.2 Å². The molecule has 0 spiro atoms. The molecular weight excluding hydrogens is 187 g/mol. The first-order valence-electron chi connectivity index (χ1n) is 4.19. The Labute approximate surface area is 79.8 Å². The van der Waals surface area contributed by atoms with Crippen LogP contribution in [0.5, 0.6) is 0 Å². The zero-order valence-corrected chi connectivity index (χ0v) is 7.83. The van der Waals surface area contributed by atoms with Crippen molar-refractivity contribution in [1.29, 1.82) is 5.26 Å². The summed E-state index contributed by atoms with van der Waals surface area (Å²) >= 11 is 1.23. The maximum atomic E-state index is 13.4. The van der Waals surface area contributed by atoms with Crippen LogP contribution in [0.1, 0.15) is 35.0 Å². The summed E-state index contributed by atoms with van der Waals surface area (Å²) in [6.45, 7) is 0. The molecule has 1 aromatic heterocycles. The third-order valence-electron chi connectivity index (χ3n) is 2.35. The average Bonchev–Trinajstić information content (AvgIpc) is 2.43. The summed E-state index contributed by atoms with van der Waals surface area (Å²) in [5, 5.41) is 9.27. The van der Waals surface area contributed by atoms with E-state index in [1.165, 1.54) is 11.3 Å². The van der Waals surface area contributed by atoms with Gasteiger partial charge in [-0.2, -0.15) is 5.26 Å². The molecule has 1 aliphatic carbocycles. The van der Waals surface area contributed by atoms with Gasteiger partial charge in [0.2, 0.25) is 0 Å². The number of hydrogen-bond acceptors (Lipinski definition) is 3. The van der Waals surface area contributed by atoms with Gasteiger partial charge in [-0.25, -0.2) is 4.39 Å². The summed E-state index contributed by atoms with van der Waals surface area (Å²) < 4.78 is 13.4. The molecular formula is C9H9FN2S. The molecule has 0 aromatic carbocycles. The average molecular weight is 196 g/mol. The minimum Gasteiger partial charge on any atom is -0.389 e. The minimum absolute atomic E-state index is 0.469. The van der Waals surface area contributed by atoms with E-state index in [-0.39, 0.29) is 0 Å². The zero-order chi connectivity index (χ0) is 9.42. The fourth-order valence-corrected chi connectivity index (χ4v) is 2.80. The number of nitrogens with two attached hydrogens (primary N) is 1. The normalized spacial score (nSPS) is 20.8. The Morgan fingerprint density at radius 2 is 2.38 bits per heavy atom. The number of nitrogen functional groups attached to an aromatic ring is 1. The molecule has 68 valence electrons. The van der Waals surface area contributed by atoms with E-state index in [0.717, 1.165) is 18.4 Å². The van der Waals surface area contributed by atoms with Gasteiger partial charge in [0, 0.05) is 4.88 Å². The third-order valence-corrected chi connectivity index (χ3v) is 3.49. The highest BCUT2D eigenvalue weighted by atomic mass is 32.1. The lowest BCUT2D eigenvalue weighted by atomic mass is 9.95. The second-order valence-corrected chi connectivity index (χ2v) is 4.24. The van der Waals surface area contributed by atoms with Crippen molar-refractivity contribution in [2.75, 3.05) is 5.73 Å². The van der Waals surface area contributed by atoms with E-state index in [1.54, 1.807) is 0 Å². The molecule has 2 N–H and O–H groups in total. The van der Waals surface area contributed by atoms with E-state index < -0.39 is 6.17 Å². The molecule has 0 radical (unpaired) electrons. The number of rotatable bonds is 0. The van der Waals surface area contributed by atoms with Gasteiger partial charge < -0.3 is 5.73 Å².